The van der Waals surface area contributed by atoms with E-state index in [-0.39, 0.29) is 5.56 Å². The lowest BCUT2D eigenvalue weighted by molar-refractivity contribution is 0.0697. The van der Waals surface area contributed by atoms with Gasteiger partial charge in [0.05, 0.1) is 5.56 Å². The zero-order valence-corrected chi connectivity index (χ0v) is 12.9. The predicted molar refractivity (Wildman–Crippen MR) is 90.7 cm³/mol. The van der Waals surface area contributed by atoms with Crippen LogP contribution >= 0.6 is 0 Å². The maximum atomic E-state index is 11.1. The number of aromatic carboxylic acids is 1. The molecule has 0 atom stereocenters. The highest BCUT2D eigenvalue weighted by molar-refractivity contribution is 5.89. The van der Waals surface area contributed by atoms with E-state index >= 15 is 0 Å². The average molecular weight is 332 g/mol. The first-order valence-corrected chi connectivity index (χ1v) is 7.44. The Morgan fingerprint density at radius 2 is 1.88 bits per heavy atom. The van der Waals surface area contributed by atoms with Crippen LogP contribution in [-0.2, 0) is 0 Å². The number of carboxylic acid groups (broad SMARTS) is 1. The minimum atomic E-state index is -0.981. The van der Waals surface area contributed by atoms with Gasteiger partial charge in [-0.3, -0.25) is 4.98 Å². The number of fused-ring (bicyclic) bond motifs is 1. The minimum Gasteiger partial charge on any atom is -0.478 e. The highest BCUT2D eigenvalue weighted by Crippen LogP contribution is 2.20. The number of nitrogens with zero attached hydrogens (tertiary/aromatic N) is 5. The molecule has 0 aliphatic rings. The Bertz CT molecular complexity index is 1060. The van der Waals surface area contributed by atoms with E-state index in [1.54, 1.807) is 47.2 Å². The van der Waals surface area contributed by atoms with Crippen molar-refractivity contribution in [1.29, 1.82) is 0 Å². The zero-order valence-electron chi connectivity index (χ0n) is 12.9. The number of carboxylic acids is 1. The van der Waals surface area contributed by atoms with E-state index in [9.17, 15) is 4.79 Å². The summed E-state index contributed by atoms with van der Waals surface area (Å²) in [5, 5.41) is 24.9. The highest BCUT2D eigenvalue weighted by atomic mass is 16.4. The van der Waals surface area contributed by atoms with E-state index in [1.807, 2.05) is 12.1 Å². The van der Waals surface area contributed by atoms with Gasteiger partial charge in [-0.1, -0.05) is 6.07 Å². The number of rotatable bonds is 4. The van der Waals surface area contributed by atoms with Crippen LogP contribution in [0.4, 0.5) is 11.5 Å². The Balaban J connectivity index is 1.72. The molecule has 1 aromatic carbocycles. The first-order chi connectivity index (χ1) is 12.2. The summed E-state index contributed by atoms with van der Waals surface area (Å²) in [5.41, 5.74) is 2.29. The molecule has 25 heavy (non-hydrogen) atoms. The molecule has 0 saturated carbocycles. The summed E-state index contributed by atoms with van der Waals surface area (Å²) in [6.07, 6.45) is 3.35. The van der Waals surface area contributed by atoms with Crippen LogP contribution in [0.2, 0.25) is 0 Å². The molecule has 3 heterocycles. The van der Waals surface area contributed by atoms with Crippen molar-refractivity contribution in [2.75, 3.05) is 5.32 Å². The Morgan fingerprint density at radius 3 is 2.68 bits per heavy atom. The molecule has 2 N–H and O–H groups in total. The van der Waals surface area contributed by atoms with Gasteiger partial charge in [0.25, 0.3) is 0 Å². The van der Waals surface area contributed by atoms with Gasteiger partial charge in [0.1, 0.15) is 0 Å². The van der Waals surface area contributed by atoms with Crippen LogP contribution in [0.3, 0.4) is 0 Å². The Labute approximate surface area is 141 Å². The Hall–Kier alpha value is -3.81. The molecule has 0 radical (unpaired) electrons. The summed E-state index contributed by atoms with van der Waals surface area (Å²) >= 11 is 0. The first-order valence-electron chi connectivity index (χ1n) is 7.44. The van der Waals surface area contributed by atoms with Gasteiger partial charge >= 0.3 is 5.97 Å². The van der Waals surface area contributed by atoms with Gasteiger partial charge in [-0.2, -0.15) is 4.52 Å². The van der Waals surface area contributed by atoms with Crippen LogP contribution in [0.1, 0.15) is 10.4 Å². The summed E-state index contributed by atoms with van der Waals surface area (Å²) in [4.78, 5) is 15.1. The quantitative estimate of drug-likeness (QED) is 0.592. The van der Waals surface area contributed by atoms with Crippen molar-refractivity contribution in [2.24, 2.45) is 0 Å². The fourth-order valence-corrected chi connectivity index (χ4v) is 2.41. The number of hydrogen-bond donors (Lipinski definition) is 2. The number of aromatic nitrogens is 5. The summed E-state index contributed by atoms with van der Waals surface area (Å²) in [7, 11) is 0. The number of benzene rings is 1. The molecular weight excluding hydrogens is 320 g/mol. The number of hydrogen-bond acceptors (Lipinski definition) is 6. The second-order valence-electron chi connectivity index (χ2n) is 5.26. The topological polar surface area (TPSA) is 105 Å². The molecule has 122 valence electrons. The van der Waals surface area contributed by atoms with Gasteiger partial charge in [-0.05, 0) is 42.5 Å². The lowest BCUT2D eigenvalue weighted by Gasteiger charge is -2.07. The third-order valence-corrected chi connectivity index (χ3v) is 3.58. The van der Waals surface area contributed by atoms with Crippen molar-refractivity contribution in [2.45, 2.75) is 0 Å². The number of anilines is 2. The molecule has 0 saturated heterocycles. The second-order valence-corrected chi connectivity index (χ2v) is 5.26. The van der Waals surface area contributed by atoms with E-state index in [2.05, 4.69) is 25.6 Å². The second kappa shape index (κ2) is 6.00. The van der Waals surface area contributed by atoms with Crippen LogP contribution in [0.25, 0.3) is 17.0 Å². The van der Waals surface area contributed by atoms with Gasteiger partial charge in [-0.15, -0.1) is 15.3 Å². The van der Waals surface area contributed by atoms with E-state index in [1.165, 1.54) is 6.07 Å². The molecular formula is C17H12N6O2. The normalized spacial score (nSPS) is 10.7. The van der Waals surface area contributed by atoms with Crippen molar-refractivity contribution in [3.8, 4) is 11.4 Å². The smallest absolute Gasteiger partial charge is 0.335 e. The largest absolute Gasteiger partial charge is 0.478 e. The summed E-state index contributed by atoms with van der Waals surface area (Å²) < 4.78 is 1.62. The van der Waals surface area contributed by atoms with Crippen LogP contribution in [0.15, 0.2) is 60.9 Å². The molecule has 8 nitrogen and oxygen atoms in total. The van der Waals surface area contributed by atoms with Gasteiger partial charge in [0.15, 0.2) is 17.3 Å². The van der Waals surface area contributed by atoms with Crippen molar-refractivity contribution in [1.82, 2.24) is 24.8 Å². The van der Waals surface area contributed by atoms with E-state index < -0.39 is 5.97 Å². The lowest BCUT2D eigenvalue weighted by Crippen LogP contribution is -2.02. The zero-order chi connectivity index (χ0) is 17.2. The molecule has 0 aliphatic heterocycles. The van der Waals surface area contributed by atoms with Gasteiger partial charge < -0.3 is 10.4 Å². The minimum absolute atomic E-state index is 0.202. The third kappa shape index (κ3) is 2.88. The highest BCUT2D eigenvalue weighted by Gasteiger charge is 2.10. The van der Waals surface area contributed by atoms with Crippen LogP contribution in [0.5, 0.6) is 0 Å². The molecule has 0 bridgehead atoms. The fraction of sp³-hybridized carbons (Fsp3) is 0. The monoisotopic (exact) mass is 332 g/mol. The van der Waals surface area contributed by atoms with E-state index in [0.717, 1.165) is 5.56 Å². The van der Waals surface area contributed by atoms with E-state index in [0.29, 0.717) is 23.0 Å². The maximum absolute atomic E-state index is 11.1. The van der Waals surface area contributed by atoms with Gasteiger partial charge in [-0.25, -0.2) is 4.79 Å². The molecule has 0 amide bonds. The average Bonchev–Trinajstić information content (AvgIpc) is 3.06. The summed E-state index contributed by atoms with van der Waals surface area (Å²) in [6, 6.07) is 13.7. The number of carbonyl (C=O) groups is 1. The van der Waals surface area contributed by atoms with Crippen LogP contribution in [-0.4, -0.2) is 35.9 Å². The van der Waals surface area contributed by atoms with Crippen molar-refractivity contribution < 1.29 is 9.90 Å². The Kier molecular flexibility index (Phi) is 3.55. The summed E-state index contributed by atoms with van der Waals surface area (Å²) in [5.74, 6) is 0.163. The molecule has 8 heteroatoms. The van der Waals surface area contributed by atoms with Crippen LogP contribution < -0.4 is 5.32 Å². The van der Waals surface area contributed by atoms with Gasteiger partial charge in [0, 0.05) is 23.6 Å². The third-order valence-electron chi connectivity index (χ3n) is 3.58. The Morgan fingerprint density at radius 1 is 1.04 bits per heavy atom. The number of pyridine rings is 1. The fourth-order valence-electron chi connectivity index (χ4n) is 2.41. The number of nitrogens with one attached hydrogen (secondary N) is 1. The molecule has 3 aromatic heterocycles. The van der Waals surface area contributed by atoms with Crippen molar-refractivity contribution >= 4 is 23.1 Å². The first kappa shape index (κ1) is 14.8. The van der Waals surface area contributed by atoms with Crippen molar-refractivity contribution in [3.05, 3.63) is 66.5 Å². The lowest BCUT2D eigenvalue weighted by atomic mass is 10.2. The SMILES string of the molecule is O=C(O)c1cccc(Nc2ccc3nnc(-c4ccncc4)n3n2)c1. The predicted octanol–water partition coefficient (Wildman–Crippen LogP) is 2.63. The molecule has 0 unspecified atom stereocenters. The maximum Gasteiger partial charge on any atom is 0.335 e. The molecule has 4 aromatic rings. The van der Waals surface area contributed by atoms with E-state index in [4.69, 9.17) is 5.11 Å². The molecule has 0 spiro atoms. The van der Waals surface area contributed by atoms with Gasteiger partial charge in [0.2, 0.25) is 0 Å². The molecule has 0 aliphatic carbocycles. The van der Waals surface area contributed by atoms with Crippen LogP contribution in [0, 0.1) is 0 Å². The molecule has 4 rings (SSSR count). The van der Waals surface area contributed by atoms with Crippen molar-refractivity contribution in [3.63, 3.8) is 0 Å². The standard InChI is InChI=1S/C17H12N6O2/c24-17(25)12-2-1-3-13(10-12)19-14-4-5-15-20-21-16(23(15)22-14)11-6-8-18-9-7-11/h1-10H,(H,19,22)(H,24,25). The summed E-state index contributed by atoms with van der Waals surface area (Å²) in [6.45, 7) is 0. The molecule has 0 fully saturated rings.